The summed E-state index contributed by atoms with van der Waals surface area (Å²) in [5.41, 5.74) is 11.4. The summed E-state index contributed by atoms with van der Waals surface area (Å²) in [5, 5.41) is 9.01. The van der Waals surface area contributed by atoms with E-state index in [9.17, 15) is 29.5 Å². The van der Waals surface area contributed by atoms with Gasteiger partial charge >= 0.3 is 17.9 Å². The molecule has 2 aromatic carbocycles. The van der Waals surface area contributed by atoms with E-state index in [1.807, 2.05) is 30.3 Å². The molecule has 0 radical (unpaired) electrons. The summed E-state index contributed by atoms with van der Waals surface area (Å²) in [6.45, 7) is 3.08. The lowest BCUT2D eigenvalue weighted by Crippen LogP contribution is -2.64. The van der Waals surface area contributed by atoms with Crippen LogP contribution >= 0.6 is 0 Å². The molecular weight excluding hydrogens is 562 g/mol. The van der Waals surface area contributed by atoms with Crippen molar-refractivity contribution >= 4 is 29.7 Å². The summed E-state index contributed by atoms with van der Waals surface area (Å²) in [4.78, 5) is 64.8. The molecule has 1 saturated heterocycles. The normalized spacial score (nSPS) is 20.7. The van der Waals surface area contributed by atoms with Crippen LogP contribution in [-0.4, -0.2) is 79.9 Å². The molecule has 2 aromatic rings. The summed E-state index contributed by atoms with van der Waals surface area (Å²) < 4.78 is 21.7. The molecule has 0 aromatic heterocycles. The van der Waals surface area contributed by atoms with Gasteiger partial charge in [0.15, 0.2) is 18.3 Å². The van der Waals surface area contributed by atoms with Gasteiger partial charge in [0, 0.05) is 31.2 Å². The smallest absolute Gasteiger partial charge is 0.335 e. The van der Waals surface area contributed by atoms with Gasteiger partial charge in [-0.2, -0.15) is 0 Å². The Morgan fingerprint density at radius 1 is 0.977 bits per heavy atom. The summed E-state index contributed by atoms with van der Waals surface area (Å²) in [5.74, 6) is -3.43. The minimum absolute atomic E-state index is 0.154. The number of carbonyl (C=O) groups is 5. The maximum atomic E-state index is 13.1. The van der Waals surface area contributed by atoms with Gasteiger partial charge in [-0.3, -0.25) is 19.2 Å². The number of rotatable bonds is 11. The second-order valence-electron chi connectivity index (χ2n) is 9.72. The maximum Gasteiger partial charge on any atom is 0.335 e. The van der Waals surface area contributed by atoms with E-state index in [0.29, 0.717) is 5.56 Å². The monoisotopic (exact) mass is 595 g/mol. The van der Waals surface area contributed by atoms with Crippen molar-refractivity contribution in [2.24, 2.45) is 5.11 Å². The number of esters is 3. The number of nitrogens with one attached hydrogen (secondary N) is 2. The van der Waals surface area contributed by atoms with E-state index in [2.05, 4.69) is 20.7 Å². The highest BCUT2D eigenvalue weighted by Gasteiger charge is 2.49. The van der Waals surface area contributed by atoms with Crippen LogP contribution in [0.1, 0.15) is 37.6 Å². The molecule has 1 fully saturated rings. The first-order valence-corrected chi connectivity index (χ1v) is 13.4. The Labute approximate surface area is 247 Å². The summed E-state index contributed by atoms with van der Waals surface area (Å²) in [7, 11) is 1.14. The largest absolute Gasteiger partial charge is 0.467 e. The Kier molecular flexibility index (Phi) is 11.6. The highest BCUT2D eigenvalue weighted by atomic mass is 16.6. The van der Waals surface area contributed by atoms with E-state index in [1.54, 1.807) is 24.3 Å². The first-order chi connectivity index (χ1) is 20.5. The van der Waals surface area contributed by atoms with Crippen LogP contribution in [0.3, 0.4) is 0 Å². The zero-order valence-electron chi connectivity index (χ0n) is 24.1. The van der Waals surface area contributed by atoms with Gasteiger partial charge in [0.2, 0.25) is 5.91 Å². The minimum atomic E-state index is -1.47. The molecule has 1 aliphatic rings. The lowest BCUT2D eigenvalue weighted by atomic mass is 9.88. The number of ether oxygens (including phenoxy) is 4. The maximum absolute atomic E-state index is 13.1. The average Bonchev–Trinajstić information content (AvgIpc) is 2.98. The molecule has 4 unspecified atom stereocenters. The standard InChI is InChI=1S/C29H33N5O9/c1-16(35)32-25-22(33-34-30)14-23(29(39)40-4)43-27(25)26(42-18(3)37)24(41-17(2)36)15-31-28(38)21-12-10-20(11-13-21)19-8-6-5-7-9-19/h5-13,22-27H,14-15H2,1-4H3,(H,31,38)(H,32,35)/t22?,23?,24-,25?,26-,27?/m1/s1. The summed E-state index contributed by atoms with van der Waals surface area (Å²) in [6, 6.07) is 14.3. The topological polar surface area (TPSA) is 195 Å². The number of methoxy groups -OCH3 is 1. The van der Waals surface area contributed by atoms with Crippen LogP contribution in [0.4, 0.5) is 0 Å². The van der Waals surface area contributed by atoms with Gasteiger partial charge < -0.3 is 29.6 Å². The molecular formula is C29H33N5O9. The number of carbonyl (C=O) groups excluding carboxylic acids is 5. The van der Waals surface area contributed by atoms with Crippen molar-refractivity contribution in [3.05, 3.63) is 70.6 Å². The van der Waals surface area contributed by atoms with Crippen molar-refractivity contribution in [2.75, 3.05) is 13.7 Å². The SMILES string of the molecule is COC(=O)C1CC(N=[N+]=[N-])C(NC(C)=O)C([C@H](OC(C)=O)[C@@H](CNC(=O)c2ccc(-c3ccccc3)cc2)OC(C)=O)O1. The molecule has 43 heavy (non-hydrogen) atoms. The highest BCUT2D eigenvalue weighted by molar-refractivity contribution is 5.94. The molecule has 14 heteroatoms. The predicted molar refractivity (Wildman–Crippen MR) is 151 cm³/mol. The summed E-state index contributed by atoms with van der Waals surface area (Å²) in [6.07, 6.45) is -5.61. The zero-order valence-corrected chi connectivity index (χ0v) is 24.1. The molecule has 2 amide bonds. The van der Waals surface area contributed by atoms with E-state index in [4.69, 9.17) is 18.9 Å². The van der Waals surface area contributed by atoms with Crippen molar-refractivity contribution in [2.45, 2.75) is 63.7 Å². The second-order valence-corrected chi connectivity index (χ2v) is 9.72. The van der Waals surface area contributed by atoms with Gasteiger partial charge in [0.05, 0.1) is 25.7 Å². The highest BCUT2D eigenvalue weighted by Crippen LogP contribution is 2.29. The summed E-state index contributed by atoms with van der Waals surface area (Å²) >= 11 is 0. The molecule has 1 aliphatic heterocycles. The molecule has 0 bridgehead atoms. The third-order valence-corrected chi connectivity index (χ3v) is 6.61. The van der Waals surface area contributed by atoms with Crippen LogP contribution in [0.25, 0.3) is 21.6 Å². The van der Waals surface area contributed by atoms with Crippen LogP contribution in [0.15, 0.2) is 59.7 Å². The van der Waals surface area contributed by atoms with Crippen molar-refractivity contribution in [1.29, 1.82) is 0 Å². The van der Waals surface area contributed by atoms with Crippen molar-refractivity contribution in [3.63, 3.8) is 0 Å². The number of azide groups is 1. The van der Waals surface area contributed by atoms with Crippen LogP contribution in [-0.2, 0) is 38.1 Å². The molecule has 0 spiro atoms. The van der Waals surface area contributed by atoms with E-state index in [0.717, 1.165) is 32.1 Å². The van der Waals surface area contributed by atoms with Crippen LogP contribution in [0, 0.1) is 0 Å². The number of hydrogen-bond acceptors (Lipinski definition) is 10. The Morgan fingerprint density at radius 3 is 2.16 bits per heavy atom. The second kappa shape index (κ2) is 15.3. The number of nitrogens with zero attached hydrogens (tertiary/aromatic N) is 3. The Balaban J connectivity index is 1.92. The van der Waals surface area contributed by atoms with E-state index in [-0.39, 0.29) is 13.0 Å². The number of amides is 2. The Hall–Kier alpha value is -4.94. The molecule has 228 valence electrons. The molecule has 2 N–H and O–H groups in total. The van der Waals surface area contributed by atoms with E-state index in [1.165, 1.54) is 6.92 Å². The Morgan fingerprint density at radius 2 is 1.60 bits per heavy atom. The van der Waals surface area contributed by atoms with Crippen molar-refractivity contribution in [3.8, 4) is 11.1 Å². The number of hydrogen-bond donors (Lipinski definition) is 2. The van der Waals surface area contributed by atoms with E-state index < -0.39 is 66.2 Å². The van der Waals surface area contributed by atoms with E-state index >= 15 is 0 Å². The average molecular weight is 596 g/mol. The minimum Gasteiger partial charge on any atom is -0.467 e. The number of benzene rings is 2. The fraction of sp³-hybridized carbons (Fsp3) is 0.414. The van der Waals surface area contributed by atoms with Crippen molar-refractivity contribution < 1.29 is 42.9 Å². The molecule has 0 saturated carbocycles. The molecule has 6 atom stereocenters. The fourth-order valence-electron chi connectivity index (χ4n) is 4.80. The zero-order chi connectivity index (χ0) is 31.5. The quantitative estimate of drug-likeness (QED) is 0.129. The van der Waals surface area contributed by atoms with Gasteiger partial charge in [-0.15, -0.1) is 0 Å². The van der Waals surface area contributed by atoms with Gasteiger partial charge in [-0.25, -0.2) is 4.79 Å². The lowest BCUT2D eigenvalue weighted by Gasteiger charge is -2.43. The third-order valence-electron chi connectivity index (χ3n) is 6.61. The van der Waals surface area contributed by atoms with Gasteiger partial charge in [0.25, 0.3) is 5.91 Å². The fourth-order valence-corrected chi connectivity index (χ4v) is 4.80. The van der Waals surface area contributed by atoms with Gasteiger partial charge in [0.1, 0.15) is 6.10 Å². The lowest BCUT2D eigenvalue weighted by molar-refractivity contribution is -0.200. The van der Waals surface area contributed by atoms with Crippen LogP contribution in [0.2, 0.25) is 0 Å². The van der Waals surface area contributed by atoms with Crippen LogP contribution in [0.5, 0.6) is 0 Å². The molecule has 1 heterocycles. The van der Waals surface area contributed by atoms with Gasteiger partial charge in [-0.1, -0.05) is 47.6 Å². The molecule has 0 aliphatic carbocycles. The Bertz CT molecular complexity index is 1360. The molecule has 3 rings (SSSR count). The first kappa shape index (κ1) is 32.6. The predicted octanol–water partition coefficient (Wildman–Crippen LogP) is 2.46. The van der Waals surface area contributed by atoms with Crippen molar-refractivity contribution in [1.82, 2.24) is 10.6 Å². The van der Waals surface area contributed by atoms with Crippen LogP contribution < -0.4 is 10.6 Å². The molecule has 14 nitrogen and oxygen atoms in total. The first-order valence-electron chi connectivity index (χ1n) is 13.4. The third kappa shape index (κ3) is 9.02. The van der Waals surface area contributed by atoms with Gasteiger partial charge in [-0.05, 0) is 35.2 Å².